The number of halogens is 3. The molecule has 1 aliphatic rings. The highest BCUT2D eigenvalue weighted by molar-refractivity contribution is 7.92. The van der Waals surface area contributed by atoms with Gasteiger partial charge in [0.25, 0.3) is 9.84 Å². The fourth-order valence-corrected chi connectivity index (χ4v) is 3.51. The van der Waals surface area contributed by atoms with Crippen molar-refractivity contribution in [2.75, 3.05) is 0 Å². The number of aromatic amines is 1. The quantitative estimate of drug-likeness (QED) is 0.847. The van der Waals surface area contributed by atoms with E-state index in [-0.39, 0.29) is 6.04 Å². The minimum atomic E-state index is -5.33. The van der Waals surface area contributed by atoms with Gasteiger partial charge in [0.2, 0.25) is 0 Å². The Morgan fingerprint density at radius 3 is 2.67 bits per heavy atom. The molecule has 1 heterocycles. The van der Waals surface area contributed by atoms with E-state index in [2.05, 4.69) is 4.98 Å². The lowest BCUT2D eigenvalue weighted by Crippen LogP contribution is -2.27. The number of rotatable bonds is 1. The number of fused-ring (bicyclic) bond motifs is 3. The normalized spacial score (nSPS) is 19.7. The molecule has 4 nitrogen and oxygen atoms in total. The minimum Gasteiger partial charge on any atom is -0.358 e. The Balaban J connectivity index is 2.19. The number of alkyl halides is 3. The average molecular weight is 318 g/mol. The molecule has 1 aromatic heterocycles. The lowest BCUT2D eigenvalue weighted by Gasteiger charge is -2.18. The SMILES string of the molecule is NC1CCc2[nH]c3ccc(S(=O)(=O)C(F)(F)F)cc3c2C1. The van der Waals surface area contributed by atoms with E-state index in [1.165, 1.54) is 6.07 Å². The highest BCUT2D eigenvalue weighted by atomic mass is 32.2. The first-order valence-corrected chi connectivity index (χ1v) is 7.89. The molecule has 3 rings (SSSR count). The smallest absolute Gasteiger partial charge is 0.358 e. The Hall–Kier alpha value is -1.54. The van der Waals surface area contributed by atoms with Crippen molar-refractivity contribution in [3.63, 3.8) is 0 Å². The maximum Gasteiger partial charge on any atom is 0.501 e. The summed E-state index contributed by atoms with van der Waals surface area (Å²) in [6, 6.07) is 3.38. The van der Waals surface area contributed by atoms with Gasteiger partial charge in [-0.3, -0.25) is 0 Å². The lowest BCUT2D eigenvalue weighted by molar-refractivity contribution is -0.0435. The largest absolute Gasteiger partial charge is 0.501 e. The molecule has 2 aromatic rings. The minimum absolute atomic E-state index is 0.0561. The molecule has 0 saturated carbocycles. The van der Waals surface area contributed by atoms with Crippen molar-refractivity contribution in [1.29, 1.82) is 0 Å². The Morgan fingerprint density at radius 1 is 1.29 bits per heavy atom. The van der Waals surface area contributed by atoms with Crippen LogP contribution in [0.4, 0.5) is 13.2 Å². The maximum absolute atomic E-state index is 12.6. The van der Waals surface area contributed by atoms with Gasteiger partial charge in [-0.2, -0.15) is 13.2 Å². The molecular formula is C13H13F3N2O2S. The second-order valence-electron chi connectivity index (χ2n) is 5.24. The highest BCUT2D eigenvalue weighted by Gasteiger charge is 2.47. The van der Waals surface area contributed by atoms with Crippen LogP contribution in [0.15, 0.2) is 23.1 Å². The van der Waals surface area contributed by atoms with E-state index < -0.39 is 20.2 Å². The van der Waals surface area contributed by atoms with Crippen molar-refractivity contribution in [3.8, 4) is 0 Å². The third kappa shape index (κ3) is 2.22. The molecule has 0 bridgehead atoms. The van der Waals surface area contributed by atoms with Crippen LogP contribution >= 0.6 is 0 Å². The van der Waals surface area contributed by atoms with Crippen molar-refractivity contribution < 1.29 is 21.6 Å². The Bertz CT molecular complexity index is 809. The summed E-state index contributed by atoms with van der Waals surface area (Å²) >= 11 is 0. The molecule has 0 saturated heterocycles. The molecule has 0 fully saturated rings. The maximum atomic E-state index is 12.6. The zero-order valence-electron chi connectivity index (χ0n) is 10.9. The topological polar surface area (TPSA) is 76.0 Å². The van der Waals surface area contributed by atoms with Gasteiger partial charge in [-0.25, -0.2) is 8.42 Å². The molecule has 1 atom stereocenters. The number of aromatic nitrogens is 1. The van der Waals surface area contributed by atoms with Crippen LogP contribution in [0, 0.1) is 0 Å². The van der Waals surface area contributed by atoms with Crippen LogP contribution in [0.5, 0.6) is 0 Å². The van der Waals surface area contributed by atoms with Crippen LogP contribution in [-0.4, -0.2) is 25.0 Å². The summed E-state index contributed by atoms with van der Waals surface area (Å²) in [5.74, 6) is 0. The molecule has 114 valence electrons. The van der Waals surface area contributed by atoms with E-state index in [1.807, 2.05) is 0 Å². The molecule has 1 aliphatic carbocycles. The van der Waals surface area contributed by atoms with Gasteiger partial charge in [0, 0.05) is 22.6 Å². The molecule has 8 heteroatoms. The Kier molecular flexibility index (Phi) is 3.07. The molecule has 1 aromatic carbocycles. The van der Waals surface area contributed by atoms with Crippen LogP contribution in [-0.2, 0) is 22.7 Å². The molecule has 0 aliphatic heterocycles. The van der Waals surface area contributed by atoms with E-state index >= 15 is 0 Å². The molecule has 0 radical (unpaired) electrons. The Labute approximate surface area is 119 Å². The van der Waals surface area contributed by atoms with E-state index in [0.29, 0.717) is 23.7 Å². The van der Waals surface area contributed by atoms with Gasteiger partial charge in [0.05, 0.1) is 4.90 Å². The molecule has 1 unspecified atom stereocenters. The van der Waals surface area contributed by atoms with Crippen molar-refractivity contribution in [3.05, 3.63) is 29.5 Å². The van der Waals surface area contributed by atoms with Gasteiger partial charge in [0.1, 0.15) is 0 Å². The standard InChI is InChI=1S/C13H13F3N2O2S/c14-13(15,16)21(19,20)8-2-4-12-10(6-8)9-5-7(17)1-3-11(9)18-12/h2,4,6-7,18H,1,3,5,17H2. The average Bonchev–Trinajstić information content (AvgIpc) is 2.74. The predicted octanol–water partition coefficient (Wildman–Crippen LogP) is 2.28. The van der Waals surface area contributed by atoms with Gasteiger partial charge in [-0.05, 0) is 43.0 Å². The van der Waals surface area contributed by atoms with Crippen molar-refractivity contribution in [2.24, 2.45) is 5.73 Å². The van der Waals surface area contributed by atoms with Crippen LogP contribution in [0.3, 0.4) is 0 Å². The zero-order chi connectivity index (χ0) is 15.4. The second-order valence-corrected chi connectivity index (χ2v) is 7.18. The first kappa shape index (κ1) is 14.4. The van der Waals surface area contributed by atoms with Crippen LogP contribution in [0.1, 0.15) is 17.7 Å². The fourth-order valence-electron chi connectivity index (χ4n) is 2.72. The number of hydrogen-bond acceptors (Lipinski definition) is 3. The fraction of sp³-hybridized carbons (Fsp3) is 0.385. The molecule has 0 spiro atoms. The predicted molar refractivity (Wildman–Crippen MR) is 71.5 cm³/mol. The molecule has 0 amide bonds. The van der Waals surface area contributed by atoms with Gasteiger partial charge in [0.15, 0.2) is 0 Å². The summed E-state index contributed by atoms with van der Waals surface area (Å²) in [6.45, 7) is 0. The van der Waals surface area contributed by atoms with Gasteiger partial charge in [-0.1, -0.05) is 0 Å². The summed E-state index contributed by atoms with van der Waals surface area (Å²) in [5.41, 5.74) is 2.96. The van der Waals surface area contributed by atoms with Gasteiger partial charge >= 0.3 is 5.51 Å². The number of benzene rings is 1. The number of hydrogen-bond donors (Lipinski definition) is 2. The summed E-state index contributed by atoms with van der Waals surface area (Å²) in [4.78, 5) is 2.39. The van der Waals surface area contributed by atoms with E-state index in [0.717, 1.165) is 29.8 Å². The number of H-pyrrole nitrogens is 1. The summed E-state index contributed by atoms with van der Waals surface area (Å²) in [6.07, 6.45) is 2.05. The monoisotopic (exact) mass is 318 g/mol. The van der Waals surface area contributed by atoms with Crippen LogP contribution < -0.4 is 5.73 Å². The lowest BCUT2D eigenvalue weighted by atomic mass is 9.92. The van der Waals surface area contributed by atoms with Gasteiger partial charge in [-0.15, -0.1) is 0 Å². The number of sulfone groups is 1. The van der Waals surface area contributed by atoms with Crippen LogP contribution in [0.25, 0.3) is 10.9 Å². The summed E-state index contributed by atoms with van der Waals surface area (Å²) < 4.78 is 60.9. The third-order valence-electron chi connectivity index (χ3n) is 3.81. The Morgan fingerprint density at radius 2 is 2.00 bits per heavy atom. The number of nitrogens with one attached hydrogen (secondary N) is 1. The van der Waals surface area contributed by atoms with Crippen molar-refractivity contribution in [1.82, 2.24) is 4.98 Å². The van der Waals surface area contributed by atoms with E-state index in [1.54, 1.807) is 0 Å². The van der Waals surface area contributed by atoms with Crippen molar-refractivity contribution in [2.45, 2.75) is 35.7 Å². The summed E-state index contributed by atoms with van der Waals surface area (Å²) in [7, 11) is -5.33. The molecule has 21 heavy (non-hydrogen) atoms. The highest BCUT2D eigenvalue weighted by Crippen LogP contribution is 2.34. The molecule has 3 N–H and O–H groups in total. The first-order valence-electron chi connectivity index (χ1n) is 6.40. The zero-order valence-corrected chi connectivity index (χ0v) is 11.7. The number of nitrogens with two attached hydrogens (primary N) is 1. The van der Waals surface area contributed by atoms with Crippen LogP contribution in [0.2, 0.25) is 0 Å². The summed E-state index contributed by atoms with van der Waals surface area (Å²) in [5, 5.41) is 0.505. The number of aryl methyl sites for hydroxylation is 1. The van der Waals surface area contributed by atoms with Gasteiger partial charge < -0.3 is 10.7 Å². The van der Waals surface area contributed by atoms with Crippen molar-refractivity contribution >= 4 is 20.7 Å². The van der Waals surface area contributed by atoms with E-state index in [9.17, 15) is 21.6 Å². The first-order chi connectivity index (χ1) is 9.70. The van der Waals surface area contributed by atoms with E-state index in [4.69, 9.17) is 5.73 Å². The third-order valence-corrected chi connectivity index (χ3v) is 5.30. The second kappa shape index (κ2) is 4.48. The molecular weight excluding hydrogens is 305 g/mol.